The van der Waals surface area contributed by atoms with Crippen LogP contribution in [-0.4, -0.2) is 53.2 Å². The molecule has 2 aliphatic heterocycles. The summed E-state index contributed by atoms with van der Waals surface area (Å²) in [6, 6.07) is 2.74. The van der Waals surface area contributed by atoms with Crippen molar-refractivity contribution in [3.8, 4) is 0 Å². The number of aldehydes is 1. The van der Waals surface area contributed by atoms with Crippen LogP contribution in [0.5, 0.6) is 0 Å². The first-order valence-electron chi connectivity index (χ1n) is 13.1. The summed E-state index contributed by atoms with van der Waals surface area (Å²) in [6.45, 7) is 10.4. The molecule has 2 aliphatic rings. The Bertz CT molecular complexity index is 1060. The number of hydrogen-bond donors (Lipinski definition) is 3. The van der Waals surface area contributed by atoms with Gasteiger partial charge in [-0.2, -0.15) is 0 Å². The Balaban J connectivity index is 1.88. The third kappa shape index (κ3) is 6.56. The van der Waals surface area contributed by atoms with Gasteiger partial charge < -0.3 is 20.5 Å². The lowest BCUT2D eigenvalue weighted by molar-refractivity contribution is -0.139. The second-order valence-corrected chi connectivity index (χ2v) is 11.6. The number of aryl methyl sites for hydroxylation is 1. The number of benzene rings is 1. The fraction of sp³-hybridized carbons (Fsp3) is 0.607. The summed E-state index contributed by atoms with van der Waals surface area (Å²) in [7, 11) is 0. The number of hydrogen-bond acceptors (Lipinski definition) is 5. The molecule has 0 aliphatic carbocycles. The molecule has 9 heteroatoms. The standard InChI is InChI=1S/C28H39N3O6/c1-6-16(2)20(14-28(3,4)5)25(35)30-21-11-10-17-8-7-9-18-12-22(31(24(17)18)27(21)37)26(36)29-19(15-32)13-23(33)34/h7-9,15-16,19-22H,6,10-14H2,1-5H3,(H,29,36)(H,30,35)(H,33,34)/t16-,19-,20-,21?,22-/m0/s1. The summed E-state index contributed by atoms with van der Waals surface area (Å²) in [5, 5.41) is 14.5. The van der Waals surface area contributed by atoms with E-state index >= 15 is 0 Å². The van der Waals surface area contributed by atoms with Crippen LogP contribution in [0.2, 0.25) is 0 Å². The van der Waals surface area contributed by atoms with Crippen LogP contribution in [0, 0.1) is 17.3 Å². The number of nitrogens with zero attached hydrogens (tertiary/aromatic N) is 1. The van der Waals surface area contributed by atoms with Gasteiger partial charge in [0.1, 0.15) is 18.4 Å². The topological polar surface area (TPSA) is 133 Å². The van der Waals surface area contributed by atoms with Gasteiger partial charge >= 0.3 is 5.97 Å². The van der Waals surface area contributed by atoms with Crippen molar-refractivity contribution in [2.45, 2.75) is 91.3 Å². The summed E-state index contributed by atoms with van der Waals surface area (Å²) in [5.41, 5.74) is 2.37. The minimum atomic E-state index is -1.21. The highest BCUT2D eigenvalue weighted by Crippen LogP contribution is 2.39. The Morgan fingerprint density at radius 2 is 1.89 bits per heavy atom. The summed E-state index contributed by atoms with van der Waals surface area (Å²) < 4.78 is 0. The Morgan fingerprint density at radius 3 is 2.49 bits per heavy atom. The molecular weight excluding hydrogens is 474 g/mol. The van der Waals surface area contributed by atoms with Crippen LogP contribution in [0.15, 0.2) is 18.2 Å². The van der Waals surface area contributed by atoms with E-state index in [4.69, 9.17) is 5.11 Å². The lowest BCUT2D eigenvalue weighted by atomic mass is 9.77. The molecule has 0 aromatic heterocycles. The SMILES string of the molecule is CC[C@H](C)[C@H](CC(C)(C)C)C(=O)NC1CCc2cccc3c2N(C1=O)[C@H](C(=O)N[C@H](C=O)CC(=O)O)C3. The number of carboxylic acids is 1. The van der Waals surface area contributed by atoms with Gasteiger partial charge in [-0.3, -0.25) is 24.1 Å². The normalized spacial score (nSPS) is 21.3. The molecule has 37 heavy (non-hydrogen) atoms. The van der Waals surface area contributed by atoms with Crippen LogP contribution >= 0.6 is 0 Å². The van der Waals surface area contributed by atoms with Gasteiger partial charge in [-0.15, -0.1) is 0 Å². The third-order valence-corrected chi connectivity index (χ3v) is 7.41. The lowest BCUT2D eigenvalue weighted by Gasteiger charge is -2.32. The molecule has 5 atom stereocenters. The van der Waals surface area contributed by atoms with Crippen molar-refractivity contribution in [1.29, 1.82) is 0 Å². The average Bonchev–Trinajstić information content (AvgIpc) is 3.16. The molecule has 0 spiro atoms. The van der Waals surface area contributed by atoms with Gasteiger partial charge in [-0.25, -0.2) is 0 Å². The quantitative estimate of drug-likeness (QED) is 0.412. The van der Waals surface area contributed by atoms with Crippen LogP contribution in [0.3, 0.4) is 0 Å². The Hall–Kier alpha value is -3.23. The monoisotopic (exact) mass is 513 g/mol. The van der Waals surface area contributed by atoms with Gasteiger partial charge in [0.05, 0.1) is 18.2 Å². The number of amides is 3. The fourth-order valence-corrected chi connectivity index (χ4v) is 5.35. The minimum Gasteiger partial charge on any atom is -0.481 e. The maximum atomic E-state index is 13.9. The maximum Gasteiger partial charge on any atom is 0.305 e. The fourth-order valence-electron chi connectivity index (χ4n) is 5.35. The van der Waals surface area contributed by atoms with Crippen LogP contribution < -0.4 is 15.5 Å². The summed E-state index contributed by atoms with van der Waals surface area (Å²) in [5.74, 6) is -2.43. The molecule has 0 bridgehead atoms. The Kier molecular flexibility index (Phi) is 8.76. The lowest BCUT2D eigenvalue weighted by Crippen LogP contribution is -2.56. The van der Waals surface area contributed by atoms with E-state index < -0.39 is 36.4 Å². The minimum absolute atomic E-state index is 0.0623. The average molecular weight is 514 g/mol. The van der Waals surface area contributed by atoms with E-state index in [1.54, 1.807) is 0 Å². The largest absolute Gasteiger partial charge is 0.481 e. The van der Waals surface area contributed by atoms with Crippen LogP contribution in [0.1, 0.15) is 71.4 Å². The van der Waals surface area contributed by atoms with Gasteiger partial charge in [0.2, 0.25) is 17.7 Å². The van der Waals surface area contributed by atoms with E-state index in [1.165, 1.54) is 4.90 Å². The maximum absolute atomic E-state index is 13.9. The highest BCUT2D eigenvalue weighted by Gasteiger charge is 2.45. The third-order valence-electron chi connectivity index (χ3n) is 7.41. The molecule has 0 fully saturated rings. The smallest absolute Gasteiger partial charge is 0.305 e. The van der Waals surface area contributed by atoms with Crippen LogP contribution in [0.4, 0.5) is 5.69 Å². The van der Waals surface area contributed by atoms with Crippen LogP contribution in [0.25, 0.3) is 0 Å². The van der Waals surface area contributed by atoms with Crippen LogP contribution in [-0.2, 0) is 36.8 Å². The van der Waals surface area contributed by atoms with E-state index in [-0.39, 0.29) is 35.5 Å². The van der Waals surface area contributed by atoms with Crippen molar-refractivity contribution in [1.82, 2.24) is 10.6 Å². The zero-order valence-corrected chi connectivity index (χ0v) is 22.4. The van der Waals surface area contributed by atoms with Gasteiger partial charge in [0, 0.05) is 12.3 Å². The van der Waals surface area contributed by atoms with Gasteiger partial charge in [-0.05, 0) is 41.7 Å². The number of anilines is 1. The van der Waals surface area contributed by atoms with E-state index in [9.17, 15) is 24.0 Å². The highest BCUT2D eigenvalue weighted by molar-refractivity contribution is 6.08. The molecular formula is C28H39N3O6. The second kappa shape index (κ2) is 11.4. The number of para-hydroxylation sites is 1. The summed E-state index contributed by atoms with van der Waals surface area (Å²) >= 11 is 0. The molecule has 0 saturated carbocycles. The molecule has 1 unspecified atom stereocenters. The van der Waals surface area contributed by atoms with Crippen molar-refractivity contribution in [3.63, 3.8) is 0 Å². The second-order valence-electron chi connectivity index (χ2n) is 11.6. The molecule has 0 saturated heterocycles. The van der Waals surface area contributed by atoms with Crippen molar-refractivity contribution >= 4 is 35.7 Å². The van der Waals surface area contributed by atoms with Crippen molar-refractivity contribution in [2.75, 3.05) is 4.90 Å². The van der Waals surface area contributed by atoms with E-state index in [0.717, 1.165) is 17.5 Å². The van der Waals surface area contributed by atoms with E-state index in [0.29, 0.717) is 31.2 Å². The molecule has 9 nitrogen and oxygen atoms in total. The number of carbonyl (C=O) groups is 5. The molecule has 202 valence electrons. The molecule has 3 N–H and O–H groups in total. The summed E-state index contributed by atoms with van der Waals surface area (Å²) in [4.78, 5) is 64.4. The first-order valence-corrected chi connectivity index (χ1v) is 13.1. The number of carbonyl (C=O) groups excluding carboxylic acids is 4. The molecule has 3 rings (SSSR count). The zero-order chi connectivity index (χ0) is 27.5. The molecule has 3 amide bonds. The van der Waals surface area contributed by atoms with Crippen molar-refractivity contribution < 1.29 is 29.1 Å². The Morgan fingerprint density at radius 1 is 1.22 bits per heavy atom. The predicted molar refractivity (Wildman–Crippen MR) is 139 cm³/mol. The highest BCUT2D eigenvalue weighted by atomic mass is 16.4. The first-order chi connectivity index (χ1) is 17.4. The number of aliphatic carboxylic acids is 1. The number of rotatable bonds is 10. The number of nitrogens with one attached hydrogen (secondary N) is 2. The predicted octanol–water partition coefficient (Wildman–Crippen LogP) is 2.63. The van der Waals surface area contributed by atoms with Gasteiger partial charge in [-0.1, -0.05) is 59.2 Å². The van der Waals surface area contributed by atoms with Gasteiger partial charge in [0.25, 0.3) is 0 Å². The van der Waals surface area contributed by atoms with Crippen molar-refractivity contribution in [2.24, 2.45) is 17.3 Å². The number of carboxylic acid groups (broad SMARTS) is 1. The summed E-state index contributed by atoms with van der Waals surface area (Å²) in [6.07, 6.45) is 2.58. The molecule has 1 aromatic carbocycles. The molecule has 0 radical (unpaired) electrons. The molecule has 2 heterocycles. The Labute approximate surface area is 218 Å². The molecule has 1 aromatic rings. The van der Waals surface area contributed by atoms with E-state index in [2.05, 4.69) is 38.3 Å². The van der Waals surface area contributed by atoms with Crippen molar-refractivity contribution in [3.05, 3.63) is 29.3 Å². The first kappa shape index (κ1) is 28.3. The zero-order valence-electron chi connectivity index (χ0n) is 22.4. The van der Waals surface area contributed by atoms with Gasteiger partial charge in [0.15, 0.2) is 0 Å². The van der Waals surface area contributed by atoms with E-state index in [1.807, 2.05) is 25.1 Å².